The van der Waals surface area contributed by atoms with Crippen molar-refractivity contribution < 1.29 is 28.9 Å². The van der Waals surface area contributed by atoms with Crippen molar-refractivity contribution in [2.75, 3.05) is 28.4 Å². The van der Waals surface area contributed by atoms with Gasteiger partial charge in [0.15, 0.2) is 11.5 Å². The van der Waals surface area contributed by atoms with Crippen molar-refractivity contribution in [2.24, 2.45) is 0 Å². The molecular formula is C21H21NO6S. The van der Waals surface area contributed by atoms with Crippen LogP contribution in [0.3, 0.4) is 0 Å². The molecule has 8 heteroatoms. The molecule has 0 saturated carbocycles. The Kier molecular flexibility index (Phi) is 5.93. The second kappa shape index (κ2) is 8.40. The fourth-order valence-electron chi connectivity index (χ4n) is 3.28. The van der Waals surface area contributed by atoms with Gasteiger partial charge in [0.1, 0.15) is 0 Å². The first-order valence-corrected chi connectivity index (χ1v) is 9.56. The molecule has 1 unspecified atom stereocenters. The average molecular weight is 415 g/mol. The Morgan fingerprint density at radius 3 is 2.38 bits per heavy atom. The third-order valence-electron chi connectivity index (χ3n) is 4.63. The van der Waals surface area contributed by atoms with Gasteiger partial charge in [-0.2, -0.15) is 0 Å². The highest BCUT2D eigenvalue weighted by molar-refractivity contribution is 7.10. The van der Waals surface area contributed by atoms with Crippen LogP contribution < -0.4 is 4.74 Å². The molecule has 1 aliphatic rings. The number of methoxy groups -OCH3 is 3. The maximum Gasteiger partial charge on any atom is 0.340 e. The molecule has 152 valence electrons. The summed E-state index contributed by atoms with van der Waals surface area (Å²) in [4.78, 5) is 27.7. The molecule has 1 aromatic carbocycles. The lowest BCUT2D eigenvalue weighted by Gasteiger charge is -2.31. The van der Waals surface area contributed by atoms with Crippen LogP contribution in [0.4, 0.5) is 0 Å². The first-order chi connectivity index (χ1) is 13.9. The smallest absolute Gasteiger partial charge is 0.340 e. The Bertz CT molecular complexity index is 993. The molecule has 3 rings (SSSR count). The normalized spacial score (nSPS) is 16.0. The minimum Gasteiger partial charge on any atom is -0.504 e. The molecule has 0 bridgehead atoms. The summed E-state index contributed by atoms with van der Waals surface area (Å²) in [5.74, 6) is -1.13. The summed E-state index contributed by atoms with van der Waals surface area (Å²) in [5, 5.41) is 12.3. The van der Waals surface area contributed by atoms with Crippen molar-refractivity contribution >= 4 is 29.4 Å². The summed E-state index contributed by atoms with van der Waals surface area (Å²) in [7, 11) is 5.76. The molecule has 0 saturated heterocycles. The van der Waals surface area contributed by atoms with E-state index in [-0.39, 0.29) is 22.9 Å². The number of phenols is 1. The average Bonchev–Trinajstić information content (AvgIpc) is 3.23. The van der Waals surface area contributed by atoms with Crippen LogP contribution in [-0.2, 0) is 19.1 Å². The van der Waals surface area contributed by atoms with E-state index in [1.165, 1.54) is 33.5 Å². The number of esters is 2. The molecule has 1 aromatic heterocycles. The van der Waals surface area contributed by atoms with Crippen LogP contribution in [0, 0.1) is 0 Å². The summed E-state index contributed by atoms with van der Waals surface area (Å²) >= 11 is 1.55. The first kappa shape index (κ1) is 20.5. The lowest BCUT2D eigenvalue weighted by molar-refractivity contribution is -0.139. The van der Waals surface area contributed by atoms with Gasteiger partial charge in [0.2, 0.25) is 0 Å². The topological polar surface area (TPSA) is 85.3 Å². The lowest BCUT2D eigenvalue weighted by Crippen LogP contribution is -2.26. The molecule has 1 N–H and O–H groups in total. The van der Waals surface area contributed by atoms with Gasteiger partial charge in [0, 0.05) is 18.1 Å². The standard InChI is InChI=1S/C21H21NO6S/c1-22-11-15(21(25)28-4)14(20(24)27-3)8-12-9-16(23)17(26-2)10-13(12)19(22)18-6-5-7-29-18/h5-11,19,23H,1-4H3. The highest BCUT2D eigenvalue weighted by Gasteiger charge is 2.30. The Morgan fingerprint density at radius 1 is 1.10 bits per heavy atom. The van der Waals surface area contributed by atoms with Crippen molar-refractivity contribution in [1.82, 2.24) is 4.90 Å². The number of benzene rings is 1. The number of rotatable bonds is 4. The van der Waals surface area contributed by atoms with Crippen molar-refractivity contribution in [3.05, 3.63) is 63.0 Å². The summed E-state index contributed by atoms with van der Waals surface area (Å²) in [6.07, 6.45) is 3.10. The van der Waals surface area contributed by atoms with Crippen LogP contribution in [0.15, 0.2) is 47.0 Å². The van der Waals surface area contributed by atoms with Gasteiger partial charge in [-0.05, 0) is 40.8 Å². The Balaban J connectivity index is 2.35. The maximum absolute atomic E-state index is 12.5. The zero-order valence-corrected chi connectivity index (χ0v) is 17.3. The predicted octanol–water partition coefficient (Wildman–Crippen LogP) is 3.11. The van der Waals surface area contributed by atoms with E-state index in [1.807, 2.05) is 22.4 Å². The van der Waals surface area contributed by atoms with Crippen molar-refractivity contribution in [1.29, 1.82) is 0 Å². The molecule has 0 radical (unpaired) electrons. The van der Waals surface area contributed by atoms with Gasteiger partial charge in [-0.25, -0.2) is 9.59 Å². The summed E-state index contributed by atoms with van der Waals surface area (Å²) in [6.45, 7) is 0. The molecule has 0 aliphatic carbocycles. The van der Waals surface area contributed by atoms with E-state index in [0.29, 0.717) is 11.3 Å². The van der Waals surface area contributed by atoms with Crippen LogP contribution in [0.5, 0.6) is 11.5 Å². The number of thiophene rings is 1. The molecule has 0 fully saturated rings. The number of phenolic OH excluding ortho intramolecular Hbond substituents is 1. The second-order valence-corrected chi connectivity index (χ2v) is 7.30. The number of carbonyl (C=O) groups is 2. The van der Waals surface area contributed by atoms with Crippen LogP contribution in [-0.4, -0.2) is 50.3 Å². The van der Waals surface area contributed by atoms with Crippen LogP contribution in [0.1, 0.15) is 22.0 Å². The van der Waals surface area contributed by atoms with Crippen LogP contribution in [0.2, 0.25) is 0 Å². The molecule has 29 heavy (non-hydrogen) atoms. The van der Waals surface area contributed by atoms with Crippen LogP contribution in [0.25, 0.3) is 6.08 Å². The summed E-state index contributed by atoms with van der Waals surface area (Å²) < 4.78 is 15.0. The maximum atomic E-state index is 12.5. The Labute approximate surface area is 172 Å². The summed E-state index contributed by atoms with van der Waals surface area (Å²) in [5.41, 5.74) is 1.45. The molecule has 0 amide bonds. The van der Waals surface area contributed by atoms with Gasteiger partial charge < -0.3 is 24.2 Å². The summed E-state index contributed by atoms with van der Waals surface area (Å²) in [6, 6.07) is 6.87. The van der Waals surface area contributed by atoms with E-state index >= 15 is 0 Å². The van der Waals surface area contributed by atoms with Gasteiger partial charge in [-0.3, -0.25) is 0 Å². The number of hydrogen-bond acceptors (Lipinski definition) is 8. The van der Waals surface area contributed by atoms with E-state index < -0.39 is 11.9 Å². The SMILES string of the molecule is COC(=O)C1=Cc2cc(O)c(OC)cc2C(c2cccs2)N(C)C=C1C(=O)OC. The molecule has 2 aromatic rings. The van der Waals surface area contributed by atoms with Gasteiger partial charge >= 0.3 is 11.9 Å². The van der Waals surface area contributed by atoms with Gasteiger partial charge in [0.25, 0.3) is 0 Å². The second-order valence-electron chi connectivity index (χ2n) is 6.32. The minimum absolute atomic E-state index is 0.0293. The zero-order chi connectivity index (χ0) is 21.1. The molecule has 0 spiro atoms. The highest BCUT2D eigenvalue weighted by atomic mass is 32.1. The number of aromatic hydroxyl groups is 1. The van der Waals surface area contributed by atoms with Gasteiger partial charge in [-0.1, -0.05) is 6.07 Å². The number of hydrogen-bond donors (Lipinski definition) is 1. The Hall–Kier alpha value is -3.26. The number of nitrogens with zero attached hydrogens (tertiary/aromatic N) is 1. The molecule has 7 nitrogen and oxygen atoms in total. The number of fused-ring (bicyclic) bond motifs is 1. The third-order valence-corrected chi connectivity index (χ3v) is 5.56. The zero-order valence-electron chi connectivity index (χ0n) is 16.5. The van der Waals surface area contributed by atoms with E-state index in [4.69, 9.17) is 14.2 Å². The third kappa shape index (κ3) is 3.84. The number of ether oxygens (including phenoxy) is 3. The molecule has 1 aliphatic heterocycles. The lowest BCUT2D eigenvalue weighted by atomic mass is 9.92. The molecule has 1 atom stereocenters. The van der Waals surface area contributed by atoms with Crippen molar-refractivity contribution in [3.63, 3.8) is 0 Å². The number of carbonyl (C=O) groups excluding carboxylic acids is 2. The van der Waals surface area contributed by atoms with Crippen LogP contribution >= 0.6 is 11.3 Å². The highest BCUT2D eigenvalue weighted by Crippen LogP contribution is 2.41. The van der Waals surface area contributed by atoms with Crippen molar-refractivity contribution in [2.45, 2.75) is 6.04 Å². The van der Waals surface area contributed by atoms with E-state index in [1.54, 1.807) is 30.7 Å². The quantitative estimate of drug-likeness (QED) is 0.768. The Morgan fingerprint density at radius 2 is 1.79 bits per heavy atom. The van der Waals surface area contributed by atoms with E-state index in [2.05, 4.69) is 0 Å². The van der Waals surface area contributed by atoms with E-state index in [0.717, 1.165) is 10.4 Å². The predicted molar refractivity (Wildman–Crippen MR) is 109 cm³/mol. The molecule has 2 heterocycles. The van der Waals surface area contributed by atoms with Crippen molar-refractivity contribution in [3.8, 4) is 11.5 Å². The fourth-order valence-corrected chi connectivity index (χ4v) is 4.17. The van der Waals surface area contributed by atoms with E-state index in [9.17, 15) is 14.7 Å². The van der Waals surface area contributed by atoms with Gasteiger partial charge in [0.05, 0.1) is 38.5 Å². The minimum atomic E-state index is -0.689. The fraction of sp³-hybridized carbons (Fsp3) is 0.238. The largest absolute Gasteiger partial charge is 0.504 e. The van der Waals surface area contributed by atoms with Gasteiger partial charge in [-0.15, -0.1) is 11.3 Å². The first-order valence-electron chi connectivity index (χ1n) is 8.68. The molecular weight excluding hydrogens is 394 g/mol. The monoisotopic (exact) mass is 415 g/mol.